The highest BCUT2D eigenvalue weighted by Crippen LogP contribution is 2.54. The number of alkyl carbamates (subject to hydrolysis) is 1. The molecule has 3 rings (SSSR count). The minimum atomic E-state index is -2.42. The Morgan fingerprint density at radius 2 is 1.78 bits per heavy atom. The van der Waals surface area contributed by atoms with E-state index in [0.717, 1.165) is 6.42 Å². The van der Waals surface area contributed by atoms with Crippen molar-refractivity contribution < 1.29 is 18.8 Å². The van der Waals surface area contributed by atoms with Crippen molar-refractivity contribution in [2.75, 3.05) is 6.61 Å². The lowest BCUT2D eigenvalue weighted by Gasteiger charge is -2.58. The number of carbonyl (C=O) groups is 2. The second-order valence-electron chi connectivity index (χ2n) is 10.2. The molecule has 3 aliphatic carbocycles. The third kappa shape index (κ3) is 5.51. The van der Waals surface area contributed by atoms with Crippen LogP contribution in [0.4, 0.5) is 4.79 Å². The smallest absolute Gasteiger partial charge is 0.407 e. The number of halogens is 3. The summed E-state index contributed by atoms with van der Waals surface area (Å²) in [6.07, 6.45) is 3.89. The van der Waals surface area contributed by atoms with E-state index >= 15 is 0 Å². The van der Waals surface area contributed by atoms with E-state index in [4.69, 9.17) is 44.0 Å². The molecule has 184 valence electrons. The second kappa shape index (κ2) is 10.6. The van der Waals surface area contributed by atoms with E-state index in [2.05, 4.69) is 53.4 Å². The maximum Gasteiger partial charge on any atom is 0.407 e. The number of ketones is 1. The van der Waals surface area contributed by atoms with Crippen LogP contribution in [0.1, 0.15) is 67.2 Å². The van der Waals surface area contributed by atoms with Crippen LogP contribution in [0.2, 0.25) is 16.6 Å². The lowest BCUT2D eigenvalue weighted by molar-refractivity contribution is -0.161. The van der Waals surface area contributed by atoms with Crippen LogP contribution in [-0.4, -0.2) is 42.2 Å². The Bertz CT molecular complexity index is 688. The molecule has 4 atom stereocenters. The average Bonchev–Trinajstić information content (AvgIpc) is 2.67. The number of ether oxygens (including phenoxy) is 1. The number of hydrogen-bond acceptors (Lipinski definition) is 4. The van der Waals surface area contributed by atoms with Crippen LogP contribution in [0, 0.1) is 11.8 Å². The molecule has 0 aliphatic heterocycles. The molecule has 3 saturated carbocycles. The lowest BCUT2D eigenvalue weighted by atomic mass is 9.58. The number of fused-ring (bicyclic) bond motifs is 3. The molecular formula is C23H38Cl3NO4Si. The predicted octanol–water partition coefficient (Wildman–Crippen LogP) is 6.96. The Balaban J connectivity index is 2.45. The Morgan fingerprint density at radius 1 is 1.22 bits per heavy atom. The third-order valence-corrected chi connectivity index (χ3v) is 13.9. The third-order valence-electron chi connectivity index (χ3n) is 7.46. The number of rotatable bonds is 9. The zero-order valence-electron chi connectivity index (χ0n) is 20.1. The molecule has 3 aliphatic rings. The number of allylic oxidation sites excluding steroid dienone is 1. The standard InChI is InChI=1S/C23H38Cl3NO4Si/c1-8-9-18-17-10-11-22(20(18)28,31-32(14(2)3,15(4)5)16(6)7)19(12-17)27-21(29)30-13-23(24,25)26/h8,14-19H,1,9-13H2,2-7H3,(H,27,29)/t17-,18+,19-,22?/m1/s1. The summed E-state index contributed by atoms with van der Waals surface area (Å²) >= 11 is 17.2. The summed E-state index contributed by atoms with van der Waals surface area (Å²) in [6.45, 7) is 16.7. The van der Waals surface area contributed by atoms with Crippen LogP contribution in [0.5, 0.6) is 0 Å². The van der Waals surface area contributed by atoms with Gasteiger partial charge in [-0.15, -0.1) is 6.58 Å². The van der Waals surface area contributed by atoms with Crippen LogP contribution in [-0.2, 0) is 14.0 Å². The molecule has 0 aromatic carbocycles. The van der Waals surface area contributed by atoms with Crippen LogP contribution >= 0.6 is 34.8 Å². The van der Waals surface area contributed by atoms with Gasteiger partial charge in [-0.2, -0.15) is 0 Å². The van der Waals surface area contributed by atoms with Gasteiger partial charge in [0.2, 0.25) is 12.1 Å². The summed E-state index contributed by atoms with van der Waals surface area (Å²) in [5.74, 6) is 0.137. The van der Waals surface area contributed by atoms with Gasteiger partial charge in [-0.25, -0.2) is 4.79 Å². The number of alkyl halides is 3. The summed E-state index contributed by atoms with van der Waals surface area (Å²) in [4.78, 5) is 26.5. The molecule has 1 amide bonds. The van der Waals surface area contributed by atoms with E-state index < -0.39 is 29.8 Å². The first kappa shape index (κ1) is 28.0. The summed E-state index contributed by atoms with van der Waals surface area (Å²) in [6, 6.07) is -0.471. The molecule has 0 radical (unpaired) electrons. The number of carbonyl (C=O) groups excluding carboxylic acids is 2. The number of Topliss-reactive ketones (excluding diaryl/α,β-unsaturated/α-hetero) is 1. The fourth-order valence-electron chi connectivity index (χ4n) is 6.20. The van der Waals surface area contributed by atoms with Gasteiger partial charge in [-0.05, 0) is 48.2 Å². The van der Waals surface area contributed by atoms with E-state index in [1.54, 1.807) is 0 Å². The minimum Gasteiger partial charge on any atom is -0.445 e. The van der Waals surface area contributed by atoms with Crippen LogP contribution in [0.25, 0.3) is 0 Å². The summed E-state index contributed by atoms with van der Waals surface area (Å²) in [5.41, 5.74) is -0.149. The minimum absolute atomic E-state index is 0.0883. The first-order chi connectivity index (χ1) is 14.7. The molecule has 0 saturated heterocycles. The average molecular weight is 527 g/mol. The lowest BCUT2D eigenvalue weighted by Crippen LogP contribution is -2.72. The van der Waals surface area contributed by atoms with Gasteiger partial charge in [0, 0.05) is 5.92 Å². The van der Waals surface area contributed by atoms with Crippen LogP contribution < -0.4 is 5.32 Å². The zero-order chi connectivity index (χ0) is 24.5. The van der Waals surface area contributed by atoms with Gasteiger partial charge in [0.15, 0.2) is 5.78 Å². The fraction of sp³-hybridized carbons (Fsp3) is 0.826. The first-order valence-electron chi connectivity index (χ1n) is 11.6. The van der Waals surface area contributed by atoms with Crippen molar-refractivity contribution in [3.8, 4) is 0 Å². The molecule has 32 heavy (non-hydrogen) atoms. The zero-order valence-corrected chi connectivity index (χ0v) is 23.3. The van der Waals surface area contributed by atoms with Crippen molar-refractivity contribution in [1.29, 1.82) is 0 Å². The van der Waals surface area contributed by atoms with E-state index in [-0.39, 0.29) is 24.2 Å². The molecule has 5 nitrogen and oxygen atoms in total. The van der Waals surface area contributed by atoms with Gasteiger partial charge in [-0.1, -0.05) is 82.4 Å². The van der Waals surface area contributed by atoms with E-state index in [0.29, 0.717) is 35.9 Å². The highest BCUT2D eigenvalue weighted by molar-refractivity contribution is 6.78. The van der Waals surface area contributed by atoms with Crippen molar-refractivity contribution in [2.24, 2.45) is 11.8 Å². The summed E-state index contributed by atoms with van der Waals surface area (Å²) < 4.78 is 10.6. The van der Waals surface area contributed by atoms with E-state index in [9.17, 15) is 9.59 Å². The monoisotopic (exact) mass is 525 g/mol. The van der Waals surface area contributed by atoms with Gasteiger partial charge in [-0.3, -0.25) is 4.79 Å². The Kier molecular flexibility index (Phi) is 9.22. The highest BCUT2D eigenvalue weighted by atomic mass is 35.6. The molecule has 1 N–H and O–H groups in total. The van der Waals surface area contributed by atoms with Gasteiger partial charge in [0.25, 0.3) is 0 Å². The molecule has 0 aromatic heterocycles. The van der Waals surface area contributed by atoms with Gasteiger partial charge in [0.1, 0.15) is 12.2 Å². The van der Waals surface area contributed by atoms with Crippen molar-refractivity contribution >= 4 is 55.0 Å². The molecular weight excluding hydrogens is 489 g/mol. The quantitative estimate of drug-likeness (QED) is 0.200. The van der Waals surface area contributed by atoms with Crippen LogP contribution in [0.3, 0.4) is 0 Å². The Labute approximate surface area is 209 Å². The van der Waals surface area contributed by atoms with Crippen molar-refractivity contribution in [2.45, 2.75) is 99.3 Å². The summed E-state index contributed by atoms with van der Waals surface area (Å²) in [5, 5.41) is 2.91. The van der Waals surface area contributed by atoms with Gasteiger partial charge in [0.05, 0.1) is 6.04 Å². The van der Waals surface area contributed by atoms with Gasteiger partial charge < -0.3 is 14.5 Å². The van der Waals surface area contributed by atoms with Crippen molar-refractivity contribution in [3.63, 3.8) is 0 Å². The van der Waals surface area contributed by atoms with Gasteiger partial charge >= 0.3 is 6.09 Å². The number of amides is 1. The summed E-state index contributed by atoms with van der Waals surface area (Å²) in [7, 11) is -2.42. The van der Waals surface area contributed by atoms with E-state index in [1.165, 1.54) is 0 Å². The first-order valence-corrected chi connectivity index (χ1v) is 14.8. The van der Waals surface area contributed by atoms with E-state index in [1.807, 2.05) is 6.08 Å². The molecule has 0 spiro atoms. The SMILES string of the molecule is C=CC[C@@H]1C(=O)C2(O[Si](C(C)C)(C(C)C)C(C)C)CC[C@@H]1C[C@H]2NC(=O)OCC(Cl)(Cl)Cl. The molecule has 3 fully saturated rings. The van der Waals surface area contributed by atoms with Crippen molar-refractivity contribution in [3.05, 3.63) is 12.7 Å². The van der Waals surface area contributed by atoms with Crippen LogP contribution in [0.15, 0.2) is 12.7 Å². The second-order valence-corrected chi connectivity index (χ2v) is 18.1. The predicted molar refractivity (Wildman–Crippen MR) is 134 cm³/mol. The topological polar surface area (TPSA) is 64.6 Å². The van der Waals surface area contributed by atoms with Crippen molar-refractivity contribution in [1.82, 2.24) is 5.32 Å². The largest absolute Gasteiger partial charge is 0.445 e. The number of nitrogens with one attached hydrogen (secondary N) is 1. The maximum absolute atomic E-state index is 13.9. The highest BCUT2D eigenvalue weighted by Gasteiger charge is 2.63. The molecule has 0 aromatic rings. The fourth-order valence-corrected chi connectivity index (χ4v) is 12.0. The molecule has 9 heteroatoms. The number of hydrogen-bond donors (Lipinski definition) is 1. The normalized spacial score (nSPS) is 28.5. The molecule has 0 heterocycles. The molecule has 2 bridgehead atoms. The Morgan fingerprint density at radius 3 is 2.25 bits per heavy atom. The maximum atomic E-state index is 13.9. The molecule has 1 unspecified atom stereocenters. The Hall–Kier alpha value is -0.273.